The molecule has 244 valence electrons. The van der Waals surface area contributed by atoms with Gasteiger partial charge in [-0.3, -0.25) is 9.59 Å². The summed E-state index contributed by atoms with van der Waals surface area (Å²) >= 11 is 0. The Balaban J connectivity index is 1.31. The average Bonchev–Trinajstić information content (AvgIpc) is 3.70. The number of nitrogens with one attached hydrogen (secondary N) is 4. The Kier molecular flexibility index (Phi) is 11.1. The minimum Gasteiger partial charge on any atom is -0.462 e. The molecule has 5 N–H and O–H groups in total. The number of aliphatic hydroxyl groups excluding tert-OH is 1. The molecule has 2 aromatic carbocycles. The maximum absolute atomic E-state index is 13.6. The smallest absolute Gasteiger partial charge is 0.408 e. The third kappa shape index (κ3) is 8.75. The molecule has 2 heterocycles. The summed E-state index contributed by atoms with van der Waals surface area (Å²) in [5.74, 6) is -1.97. The molecular weight excluding hydrogens is 588 g/mol. The van der Waals surface area contributed by atoms with Gasteiger partial charge >= 0.3 is 12.1 Å². The number of cyclic esters (lactones) is 1. The van der Waals surface area contributed by atoms with Crippen molar-refractivity contribution < 1.29 is 33.8 Å². The average molecular weight is 631 g/mol. The molecule has 0 bridgehead atoms. The Hall–Kier alpha value is -4.64. The number of aromatic amines is 1. The number of hydrogen-bond donors (Lipinski definition) is 5. The molecule has 11 nitrogen and oxygen atoms in total. The Bertz CT molecular complexity index is 1530. The summed E-state index contributed by atoms with van der Waals surface area (Å²) in [6, 6.07) is 15.4. The van der Waals surface area contributed by atoms with Crippen molar-refractivity contribution in [2.45, 2.75) is 75.6 Å². The molecule has 1 aromatic heterocycles. The minimum absolute atomic E-state index is 0.0460. The molecule has 46 heavy (non-hydrogen) atoms. The second-order valence-corrected chi connectivity index (χ2v) is 12.2. The van der Waals surface area contributed by atoms with Crippen LogP contribution in [0.25, 0.3) is 10.9 Å². The van der Waals surface area contributed by atoms with Gasteiger partial charge in [-0.1, -0.05) is 73.5 Å². The Morgan fingerprint density at radius 2 is 1.74 bits per heavy atom. The van der Waals surface area contributed by atoms with Gasteiger partial charge in [-0.15, -0.1) is 0 Å². The standard InChI is InChI=1S/C35H42N4O7/c40-23-35(16-8-9-17-35)39-31(41)19-25-12-4-6-15-30(38-34(44)46-21-24-10-2-1-3-11-24)33(43)45-22-27(37-32(25)42)18-26-20-36-29-14-7-5-13-28(26)29/h1-7,10-11,13-14,20,25,27,30,36,40H,8-9,12,15-19,21-23H2,(H,37,42)(H,38,44)(H,39,41). The van der Waals surface area contributed by atoms with E-state index in [1.54, 1.807) is 12.2 Å². The number of hydrogen-bond acceptors (Lipinski definition) is 7. The highest BCUT2D eigenvalue weighted by Gasteiger charge is 2.36. The molecule has 0 spiro atoms. The number of ether oxygens (including phenoxy) is 2. The number of fused-ring (bicyclic) bond motifs is 1. The summed E-state index contributed by atoms with van der Waals surface area (Å²) in [6.45, 7) is -0.238. The van der Waals surface area contributed by atoms with Gasteiger partial charge in [0.15, 0.2) is 0 Å². The Labute approximate surface area is 268 Å². The van der Waals surface area contributed by atoms with E-state index in [4.69, 9.17) is 9.47 Å². The molecule has 5 rings (SSSR count). The lowest BCUT2D eigenvalue weighted by atomic mass is 9.95. The van der Waals surface area contributed by atoms with E-state index in [0.29, 0.717) is 19.3 Å². The predicted octanol–water partition coefficient (Wildman–Crippen LogP) is 3.81. The molecule has 1 saturated carbocycles. The third-order valence-electron chi connectivity index (χ3n) is 8.73. The van der Waals surface area contributed by atoms with Crippen LogP contribution >= 0.6 is 0 Å². The summed E-state index contributed by atoms with van der Waals surface area (Å²) in [7, 11) is 0. The SMILES string of the molecule is O=C(CC1CC=CCC(NC(=O)OCc2ccccc2)C(=O)OCC(Cc2c[nH]c3ccccc23)NC1=O)NC1(CO)CCCC1. The maximum atomic E-state index is 13.6. The van der Waals surface area contributed by atoms with E-state index < -0.39 is 35.6 Å². The van der Waals surface area contributed by atoms with Crippen LogP contribution in [0, 0.1) is 5.92 Å². The Morgan fingerprint density at radius 3 is 2.52 bits per heavy atom. The highest BCUT2D eigenvalue weighted by atomic mass is 16.6. The van der Waals surface area contributed by atoms with Crippen molar-refractivity contribution in [1.82, 2.24) is 20.9 Å². The number of benzene rings is 2. The van der Waals surface area contributed by atoms with Crippen molar-refractivity contribution in [3.63, 3.8) is 0 Å². The lowest BCUT2D eigenvalue weighted by molar-refractivity contribution is -0.147. The van der Waals surface area contributed by atoms with Gasteiger partial charge in [-0.2, -0.15) is 0 Å². The Morgan fingerprint density at radius 1 is 1.00 bits per heavy atom. The first-order valence-corrected chi connectivity index (χ1v) is 15.9. The molecule has 0 saturated heterocycles. The van der Waals surface area contributed by atoms with E-state index in [-0.39, 0.29) is 50.9 Å². The number of H-pyrrole nitrogens is 1. The number of aromatic nitrogens is 1. The van der Waals surface area contributed by atoms with Crippen LogP contribution in [0.2, 0.25) is 0 Å². The van der Waals surface area contributed by atoms with Gasteiger partial charge in [-0.25, -0.2) is 9.59 Å². The van der Waals surface area contributed by atoms with Crippen molar-refractivity contribution in [3.05, 3.63) is 84.1 Å². The van der Waals surface area contributed by atoms with E-state index in [1.807, 2.05) is 60.8 Å². The number of amides is 3. The fourth-order valence-electron chi connectivity index (χ4n) is 6.16. The number of carbonyl (C=O) groups excluding carboxylic acids is 4. The number of allylic oxidation sites excluding steroid dienone is 1. The largest absolute Gasteiger partial charge is 0.462 e. The van der Waals surface area contributed by atoms with Crippen LogP contribution in [0.1, 0.15) is 56.1 Å². The molecule has 3 atom stereocenters. The van der Waals surface area contributed by atoms with E-state index in [0.717, 1.165) is 34.9 Å². The van der Waals surface area contributed by atoms with Crippen molar-refractivity contribution in [1.29, 1.82) is 0 Å². The van der Waals surface area contributed by atoms with Gasteiger partial charge < -0.3 is 35.5 Å². The van der Waals surface area contributed by atoms with Crippen LogP contribution in [0.3, 0.4) is 0 Å². The predicted molar refractivity (Wildman–Crippen MR) is 171 cm³/mol. The zero-order valence-electron chi connectivity index (χ0n) is 25.8. The van der Waals surface area contributed by atoms with E-state index in [9.17, 15) is 24.3 Å². The fraction of sp³-hybridized carbons (Fsp3) is 0.429. The molecular formula is C35H42N4O7. The highest BCUT2D eigenvalue weighted by Crippen LogP contribution is 2.29. The molecule has 11 heteroatoms. The lowest BCUT2D eigenvalue weighted by Crippen LogP contribution is -2.51. The summed E-state index contributed by atoms with van der Waals surface area (Å²) in [5.41, 5.74) is 2.04. The van der Waals surface area contributed by atoms with E-state index in [1.165, 1.54) is 0 Å². The normalized spacial score (nSPS) is 21.8. The fourth-order valence-corrected chi connectivity index (χ4v) is 6.16. The van der Waals surface area contributed by atoms with Crippen molar-refractivity contribution in [3.8, 4) is 0 Å². The monoisotopic (exact) mass is 630 g/mol. The molecule has 2 aliphatic rings. The van der Waals surface area contributed by atoms with Crippen molar-refractivity contribution in [2.75, 3.05) is 13.2 Å². The number of para-hydroxylation sites is 1. The molecule has 3 unspecified atom stereocenters. The van der Waals surface area contributed by atoms with Gasteiger partial charge in [-0.05, 0) is 49.3 Å². The van der Waals surface area contributed by atoms with Gasteiger partial charge in [0.1, 0.15) is 19.3 Å². The number of rotatable bonds is 9. The first-order chi connectivity index (χ1) is 22.3. The van der Waals surface area contributed by atoms with E-state index in [2.05, 4.69) is 20.9 Å². The first kappa shape index (κ1) is 32.7. The van der Waals surface area contributed by atoms with Crippen LogP contribution in [0.5, 0.6) is 0 Å². The van der Waals surface area contributed by atoms with Crippen LogP contribution in [0.4, 0.5) is 4.79 Å². The second kappa shape index (κ2) is 15.6. The zero-order chi connectivity index (χ0) is 32.4. The van der Waals surface area contributed by atoms with Crippen LogP contribution in [-0.2, 0) is 36.9 Å². The van der Waals surface area contributed by atoms with Crippen LogP contribution < -0.4 is 16.0 Å². The molecule has 3 aromatic rings. The van der Waals surface area contributed by atoms with Gasteiger partial charge in [0, 0.05) is 23.5 Å². The summed E-state index contributed by atoms with van der Waals surface area (Å²) in [6.07, 6.45) is 8.45. The molecule has 1 aliphatic heterocycles. The van der Waals surface area contributed by atoms with Gasteiger partial charge in [0.2, 0.25) is 11.8 Å². The second-order valence-electron chi connectivity index (χ2n) is 12.2. The number of carbonyl (C=O) groups is 4. The van der Waals surface area contributed by atoms with Crippen LogP contribution in [-0.4, -0.2) is 64.8 Å². The summed E-state index contributed by atoms with van der Waals surface area (Å²) in [4.78, 5) is 55.8. The topological polar surface area (TPSA) is 159 Å². The lowest BCUT2D eigenvalue weighted by Gasteiger charge is -2.29. The molecule has 3 amide bonds. The highest BCUT2D eigenvalue weighted by molar-refractivity contribution is 5.87. The molecule has 0 radical (unpaired) electrons. The quantitative estimate of drug-likeness (QED) is 0.178. The summed E-state index contributed by atoms with van der Waals surface area (Å²) in [5, 5.41) is 19.6. The minimum atomic E-state index is -1.02. The zero-order valence-corrected chi connectivity index (χ0v) is 25.8. The van der Waals surface area contributed by atoms with Gasteiger partial charge in [0.05, 0.1) is 24.1 Å². The third-order valence-corrected chi connectivity index (χ3v) is 8.73. The number of aliphatic hydroxyl groups is 1. The van der Waals surface area contributed by atoms with E-state index >= 15 is 0 Å². The summed E-state index contributed by atoms with van der Waals surface area (Å²) < 4.78 is 11.0. The number of alkyl carbamates (subject to hydrolysis) is 1. The van der Waals surface area contributed by atoms with Crippen molar-refractivity contribution >= 4 is 34.8 Å². The molecule has 1 aliphatic carbocycles. The van der Waals surface area contributed by atoms with Gasteiger partial charge in [0.25, 0.3) is 0 Å². The van der Waals surface area contributed by atoms with Crippen LogP contribution in [0.15, 0.2) is 72.9 Å². The number of esters is 1. The van der Waals surface area contributed by atoms with Crippen molar-refractivity contribution in [2.24, 2.45) is 5.92 Å². The first-order valence-electron chi connectivity index (χ1n) is 15.9. The maximum Gasteiger partial charge on any atom is 0.408 e. The molecule has 1 fully saturated rings.